The molecule has 1 N–H and O–H groups in total. The van der Waals surface area contributed by atoms with Crippen molar-refractivity contribution in [1.29, 1.82) is 0 Å². The summed E-state index contributed by atoms with van der Waals surface area (Å²) in [5, 5.41) is 0.516. The topological polar surface area (TPSA) is 39.7 Å². The normalized spacial score (nSPS) is 10.8. The lowest BCUT2D eigenvalue weighted by Gasteiger charge is -2.16. The Kier molecular flexibility index (Phi) is 6.32. The Morgan fingerprint density at radius 2 is 1.67 bits per heavy atom. The molecule has 0 aliphatic carbocycles. The highest BCUT2D eigenvalue weighted by Crippen LogP contribution is 2.35. The summed E-state index contributed by atoms with van der Waals surface area (Å²) in [5.41, 5.74) is 3.76. The summed E-state index contributed by atoms with van der Waals surface area (Å²) in [6.45, 7) is 4.85. The number of rotatable bonds is 7. The smallest absolute Gasteiger partial charge is 0.128 e. The molecule has 102 valence electrons. The largest absolute Gasteiger partial charge is 0.496 e. The van der Waals surface area contributed by atoms with E-state index in [4.69, 9.17) is 14.3 Å². The highest BCUT2D eigenvalue weighted by Gasteiger charge is 2.13. The van der Waals surface area contributed by atoms with E-state index in [0.717, 1.165) is 22.0 Å². The first kappa shape index (κ1) is 15.1. The summed E-state index contributed by atoms with van der Waals surface area (Å²) in [6.07, 6.45) is 0. The molecule has 0 bridgehead atoms. The summed E-state index contributed by atoms with van der Waals surface area (Å²) in [4.78, 5) is 6.01. The van der Waals surface area contributed by atoms with E-state index in [1.54, 1.807) is 33.1 Å². The van der Waals surface area contributed by atoms with Gasteiger partial charge in [-0.25, -0.2) is 0 Å². The number of methoxy groups -OCH3 is 2. The molecule has 5 heteroatoms. The van der Waals surface area contributed by atoms with Crippen molar-refractivity contribution < 1.29 is 14.3 Å². The Labute approximate surface area is 113 Å². The van der Waals surface area contributed by atoms with Gasteiger partial charge in [-0.3, -0.25) is 0 Å². The number of benzene rings is 1. The number of hydroxylamine groups is 1. The second-order valence-corrected chi connectivity index (χ2v) is 5.65. The fourth-order valence-electron chi connectivity index (χ4n) is 1.62. The molecular weight excluding hydrogens is 250 g/mol. The van der Waals surface area contributed by atoms with E-state index in [-0.39, 0.29) is 0 Å². The van der Waals surface area contributed by atoms with Gasteiger partial charge in [-0.2, -0.15) is 5.48 Å². The first-order chi connectivity index (χ1) is 8.62. The molecule has 0 aliphatic rings. The number of hydrogen-bond acceptors (Lipinski definition) is 5. The van der Waals surface area contributed by atoms with Crippen LogP contribution in [0.4, 0.5) is 0 Å². The predicted molar refractivity (Wildman–Crippen MR) is 74.4 cm³/mol. The Bertz CT molecular complexity index is 357. The summed E-state index contributed by atoms with van der Waals surface area (Å²) in [7, 11) is 4.91. The van der Waals surface area contributed by atoms with E-state index in [1.165, 1.54) is 0 Å². The highest BCUT2D eigenvalue weighted by atomic mass is 32.2. The van der Waals surface area contributed by atoms with Crippen molar-refractivity contribution in [3.63, 3.8) is 0 Å². The maximum absolute atomic E-state index is 5.42. The van der Waals surface area contributed by atoms with E-state index in [2.05, 4.69) is 19.3 Å². The summed E-state index contributed by atoms with van der Waals surface area (Å²) < 4.78 is 10.8. The Balaban J connectivity index is 3.08. The molecule has 4 nitrogen and oxygen atoms in total. The van der Waals surface area contributed by atoms with E-state index in [9.17, 15) is 0 Å². The molecule has 0 spiro atoms. The Hall–Kier alpha value is -0.910. The number of ether oxygens (including phenoxy) is 2. The lowest BCUT2D eigenvalue weighted by molar-refractivity contribution is 0.0855. The third-order valence-electron chi connectivity index (χ3n) is 2.35. The zero-order chi connectivity index (χ0) is 13.5. The van der Waals surface area contributed by atoms with Gasteiger partial charge in [0.2, 0.25) is 0 Å². The van der Waals surface area contributed by atoms with Gasteiger partial charge in [0, 0.05) is 10.1 Å². The number of nitrogens with one attached hydrogen (secondary N) is 1. The van der Waals surface area contributed by atoms with Crippen molar-refractivity contribution in [3.8, 4) is 11.5 Å². The van der Waals surface area contributed by atoms with Crippen LogP contribution in [-0.4, -0.2) is 26.6 Å². The van der Waals surface area contributed by atoms with Crippen molar-refractivity contribution >= 4 is 11.8 Å². The third kappa shape index (κ3) is 4.08. The minimum Gasteiger partial charge on any atom is -0.496 e. The van der Waals surface area contributed by atoms with Crippen molar-refractivity contribution in [3.05, 3.63) is 17.7 Å². The highest BCUT2D eigenvalue weighted by molar-refractivity contribution is 7.99. The van der Waals surface area contributed by atoms with Crippen molar-refractivity contribution in [1.82, 2.24) is 5.48 Å². The minimum absolute atomic E-state index is 0.516. The average molecular weight is 271 g/mol. The van der Waals surface area contributed by atoms with E-state index >= 15 is 0 Å². The first-order valence-electron chi connectivity index (χ1n) is 5.79. The summed E-state index contributed by atoms with van der Waals surface area (Å²) in [5.74, 6) is 1.61. The fourth-order valence-corrected chi connectivity index (χ4v) is 2.51. The molecule has 0 aliphatic heterocycles. The van der Waals surface area contributed by atoms with E-state index in [1.807, 2.05) is 12.1 Å². The quantitative estimate of drug-likeness (QED) is 0.610. The molecular formula is C13H21NO3S. The van der Waals surface area contributed by atoms with Gasteiger partial charge in [0.15, 0.2) is 0 Å². The van der Waals surface area contributed by atoms with Gasteiger partial charge in [-0.15, -0.1) is 11.8 Å². The van der Waals surface area contributed by atoms with Crippen LogP contribution in [0.5, 0.6) is 11.5 Å². The van der Waals surface area contributed by atoms with Crippen LogP contribution in [0.3, 0.4) is 0 Å². The molecule has 1 aromatic carbocycles. The molecule has 0 radical (unpaired) electrons. The fraction of sp³-hybridized carbons (Fsp3) is 0.538. The maximum atomic E-state index is 5.42. The zero-order valence-corrected chi connectivity index (χ0v) is 12.4. The SMILES string of the molecule is CONCc1c(OC)cc(SC(C)C)cc1OC. The molecule has 0 amide bonds. The molecule has 0 fully saturated rings. The van der Waals surface area contributed by atoms with Gasteiger partial charge in [-0.05, 0) is 12.1 Å². The summed E-state index contributed by atoms with van der Waals surface area (Å²) >= 11 is 1.78. The van der Waals surface area contributed by atoms with E-state index < -0.39 is 0 Å². The predicted octanol–water partition coefficient (Wildman–Crippen LogP) is 2.86. The first-order valence-corrected chi connectivity index (χ1v) is 6.67. The second-order valence-electron chi connectivity index (χ2n) is 4.00. The second kappa shape index (κ2) is 7.51. The standard InChI is InChI=1S/C13H21NO3S/c1-9(2)18-10-6-12(15-3)11(8-14-17-5)13(7-10)16-4/h6-7,9,14H,8H2,1-5H3. The van der Waals surface area contributed by atoms with Crippen LogP contribution < -0.4 is 15.0 Å². The number of hydrogen-bond donors (Lipinski definition) is 1. The molecule has 0 saturated heterocycles. The zero-order valence-electron chi connectivity index (χ0n) is 11.6. The molecule has 0 atom stereocenters. The van der Waals surface area contributed by atoms with Crippen molar-refractivity contribution in [2.24, 2.45) is 0 Å². The maximum Gasteiger partial charge on any atom is 0.128 e. The van der Waals surface area contributed by atoms with Crippen LogP contribution in [0.2, 0.25) is 0 Å². The molecule has 0 aromatic heterocycles. The molecule has 0 unspecified atom stereocenters. The Morgan fingerprint density at radius 1 is 1.11 bits per heavy atom. The lowest BCUT2D eigenvalue weighted by atomic mass is 10.2. The van der Waals surface area contributed by atoms with E-state index in [0.29, 0.717) is 11.8 Å². The van der Waals surface area contributed by atoms with Crippen molar-refractivity contribution in [2.75, 3.05) is 21.3 Å². The third-order valence-corrected chi connectivity index (χ3v) is 3.33. The van der Waals surface area contributed by atoms with Crippen LogP contribution in [-0.2, 0) is 11.4 Å². The lowest BCUT2D eigenvalue weighted by Crippen LogP contribution is -2.12. The van der Waals surface area contributed by atoms with Gasteiger partial charge >= 0.3 is 0 Å². The molecule has 18 heavy (non-hydrogen) atoms. The van der Waals surface area contributed by atoms with Gasteiger partial charge in [-0.1, -0.05) is 13.8 Å². The molecule has 1 aromatic rings. The monoisotopic (exact) mass is 271 g/mol. The van der Waals surface area contributed by atoms with Gasteiger partial charge in [0.05, 0.1) is 33.4 Å². The van der Waals surface area contributed by atoms with Crippen LogP contribution in [0.15, 0.2) is 17.0 Å². The number of thioether (sulfide) groups is 1. The van der Waals surface area contributed by atoms with Crippen LogP contribution in [0, 0.1) is 0 Å². The van der Waals surface area contributed by atoms with Gasteiger partial charge in [0.1, 0.15) is 11.5 Å². The van der Waals surface area contributed by atoms with Crippen LogP contribution in [0.1, 0.15) is 19.4 Å². The van der Waals surface area contributed by atoms with Crippen LogP contribution >= 0.6 is 11.8 Å². The summed E-state index contributed by atoms with van der Waals surface area (Å²) in [6, 6.07) is 4.06. The van der Waals surface area contributed by atoms with Gasteiger partial charge < -0.3 is 14.3 Å². The van der Waals surface area contributed by atoms with Crippen LogP contribution in [0.25, 0.3) is 0 Å². The van der Waals surface area contributed by atoms with Crippen molar-refractivity contribution in [2.45, 2.75) is 30.5 Å². The molecule has 1 rings (SSSR count). The molecule has 0 saturated carbocycles. The van der Waals surface area contributed by atoms with Gasteiger partial charge in [0.25, 0.3) is 0 Å². The Morgan fingerprint density at radius 3 is 2.06 bits per heavy atom. The minimum atomic E-state index is 0.516. The average Bonchev–Trinajstić information content (AvgIpc) is 2.35. The molecule has 0 heterocycles.